The van der Waals surface area contributed by atoms with E-state index in [1.807, 2.05) is 11.3 Å². The summed E-state index contributed by atoms with van der Waals surface area (Å²) >= 11 is 1.92. The van der Waals surface area contributed by atoms with Gasteiger partial charge in [-0.2, -0.15) is 0 Å². The Labute approximate surface area is 115 Å². The van der Waals surface area contributed by atoms with Gasteiger partial charge in [-0.05, 0) is 61.7 Å². The maximum atomic E-state index is 5.79. The van der Waals surface area contributed by atoms with E-state index in [1.165, 1.54) is 32.4 Å². The van der Waals surface area contributed by atoms with Crippen LogP contribution < -0.4 is 5.73 Å². The smallest absolute Gasteiger partial charge is 0.0331 e. The lowest BCUT2D eigenvalue weighted by Crippen LogP contribution is -2.34. The van der Waals surface area contributed by atoms with E-state index >= 15 is 0 Å². The van der Waals surface area contributed by atoms with E-state index in [4.69, 9.17) is 5.73 Å². The van der Waals surface area contributed by atoms with Gasteiger partial charge >= 0.3 is 0 Å². The van der Waals surface area contributed by atoms with Gasteiger partial charge in [-0.1, -0.05) is 13.8 Å². The normalized spacial score (nSPS) is 21.0. The van der Waals surface area contributed by atoms with Gasteiger partial charge in [0.15, 0.2) is 0 Å². The zero-order valence-corrected chi connectivity index (χ0v) is 12.7. The van der Waals surface area contributed by atoms with Gasteiger partial charge in [0.2, 0.25) is 0 Å². The summed E-state index contributed by atoms with van der Waals surface area (Å²) < 4.78 is 0. The molecule has 0 radical (unpaired) electrons. The van der Waals surface area contributed by atoms with Gasteiger partial charge in [0, 0.05) is 17.5 Å². The first-order valence-corrected chi connectivity index (χ1v) is 7.92. The van der Waals surface area contributed by atoms with Crippen LogP contribution in [0, 0.1) is 5.41 Å². The molecule has 0 amide bonds. The molecule has 1 aliphatic rings. The minimum absolute atomic E-state index is 0.298. The molecule has 0 fully saturated rings. The van der Waals surface area contributed by atoms with E-state index < -0.39 is 0 Å². The Kier molecular flexibility index (Phi) is 4.46. The molecule has 1 unspecified atom stereocenters. The molecule has 1 aliphatic heterocycles. The molecule has 1 aromatic heterocycles. The molecule has 2 N–H and O–H groups in total. The van der Waals surface area contributed by atoms with Crippen molar-refractivity contribution in [2.45, 2.75) is 46.1 Å². The predicted molar refractivity (Wildman–Crippen MR) is 80.1 cm³/mol. The standard InChI is InChI=1S/C15H26N2S/c1-12-13-6-10-18-14(13)5-9-17(12)8-4-7-15(2,3)11-16/h6,10,12H,4-5,7-9,11,16H2,1-3H3. The molecule has 0 saturated heterocycles. The van der Waals surface area contributed by atoms with Crippen LogP contribution in [0.4, 0.5) is 0 Å². The Morgan fingerprint density at radius 1 is 1.50 bits per heavy atom. The van der Waals surface area contributed by atoms with Gasteiger partial charge in [0.05, 0.1) is 0 Å². The second kappa shape index (κ2) is 5.72. The molecule has 3 heteroatoms. The Morgan fingerprint density at radius 2 is 2.28 bits per heavy atom. The van der Waals surface area contributed by atoms with Crippen molar-refractivity contribution in [2.75, 3.05) is 19.6 Å². The first-order chi connectivity index (χ1) is 8.53. The molecule has 102 valence electrons. The van der Waals surface area contributed by atoms with Crippen molar-refractivity contribution in [2.24, 2.45) is 11.1 Å². The Balaban J connectivity index is 1.85. The van der Waals surface area contributed by atoms with E-state index in [0.717, 1.165) is 6.54 Å². The van der Waals surface area contributed by atoms with Crippen molar-refractivity contribution in [3.05, 3.63) is 21.9 Å². The Bertz CT molecular complexity index is 384. The number of hydrogen-bond donors (Lipinski definition) is 1. The van der Waals surface area contributed by atoms with Crippen LogP contribution in [0.3, 0.4) is 0 Å². The summed E-state index contributed by atoms with van der Waals surface area (Å²) in [6.07, 6.45) is 3.72. The largest absolute Gasteiger partial charge is 0.330 e. The number of fused-ring (bicyclic) bond motifs is 1. The van der Waals surface area contributed by atoms with Crippen LogP contribution in [-0.4, -0.2) is 24.5 Å². The second-order valence-electron chi connectivity index (χ2n) is 6.23. The molecule has 1 aromatic rings. The van der Waals surface area contributed by atoms with Crippen LogP contribution in [0.15, 0.2) is 11.4 Å². The van der Waals surface area contributed by atoms with E-state index in [9.17, 15) is 0 Å². The second-order valence-corrected chi connectivity index (χ2v) is 7.23. The summed E-state index contributed by atoms with van der Waals surface area (Å²) in [5.41, 5.74) is 7.65. The molecule has 0 aromatic carbocycles. The average Bonchev–Trinajstić information content (AvgIpc) is 2.81. The summed E-state index contributed by atoms with van der Waals surface area (Å²) in [4.78, 5) is 4.22. The molecule has 2 rings (SSSR count). The average molecular weight is 266 g/mol. The minimum Gasteiger partial charge on any atom is -0.330 e. The lowest BCUT2D eigenvalue weighted by Gasteiger charge is -2.34. The third kappa shape index (κ3) is 3.14. The molecule has 2 heterocycles. The van der Waals surface area contributed by atoms with E-state index in [1.54, 1.807) is 10.4 Å². The van der Waals surface area contributed by atoms with Crippen molar-refractivity contribution in [3.63, 3.8) is 0 Å². The first-order valence-electron chi connectivity index (χ1n) is 7.04. The van der Waals surface area contributed by atoms with Gasteiger partial charge in [0.25, 0.3) is 0 Å². The summed E-state index contributed by atoms with van der Waals surface area (Å²) in [5.74, 6) is 0. The maximum Gasteiger partial charge on any atom is 0.0331 e. The first kappa shape index (κ1) is 14.0. The zero-order valence-electron chi connectivity index (χ0n) is 11.9. The molecule has 0 spiro atoms. The summed E-state index contributed by atoms with van der Waals surface area (Å²) in [5, 5.41) is 2.24. The lowest BCUT2D eigenvalue weighted by atomic mass is 9.88. The predicted octanol–water partition coefficient (Wildman–Crippen LogP) is 3.43. The van der Waals surface area contributed by atoms with Crippen molar-refractivity contribution >= 4 is 11.3 Å². The number of rotatable bonds is 5. The van der Waals surface area contributed by atoms with E-state index in [2.05, 4.69) is 37.1 Å². The highest BCUT2D eigenvalue weighted by atomic mass is 32.1. The molecular formula is C15H26N2S. The molecule has 18 heavy (non-hydrogen) atoms. The molecule has 0 bridgehead atoms. The van der Waals surface area contributed by atoms with E-state index in [0.29, 0.717) is 11.5 Å². The van der Waals surface area contributed by atoms with E-state index in [-0.39, 0.29) is 0 Å². The molecule has 0 saturated carbocycles. The van der Waals surface area contributed by atoms with Crippen LogP contribution in [0.25, 0.3) is 0 Å². The number of nitrogens with two attached hydrogens (primary N) is 1. The lowest BCUT2D eigenvalue weighted by molar-refractivity contribution is 0.185. The third-order valence-electron chi connectivity index (χ3n) is 4.26. The van der Waals surface area contributed by atoms with Crippen LogP contribution in [0.1, 0.15) is 50.1 Å². The third-order valence-corrected chi connectivity index (χ3v) is 5.25. The molecule has 0 aliphatic carbocycles. The van der Waals surface area contributed by atoms with Crippen molar-refractivity contribution < 1.29 is 0 Å². The molecular weight excluding hydrogens is 240 g/mol. The number of nitrogens with zero attached hydrogens (tertiary/aromatic N) is 1. The van der Waals surface area contributed by atoms with Crippen molar-refractivity contribution in [3.8, 4) is 0 Å². The van der Waals surface area contributed by atoms with Crippen LogP contribution >= 0.6 is 11.3 Å². The zero-order chi connectivity index (χ0) is 13.2. The fourth-order valence-electron chi connectivity index (χ4n) is 2.73. The molecule has 1 atom stereocenters. The van der Waals surface area contributed by atoms with Crippen molar-refractivity contribution in [1.82, 2.24) is 4.90 Å². The van der Waals surface area contributed by atoms with Gasteiger partial charge in [0.1, 0.15) is 0 Å². The summed E-state index contributed by atoms with van der Waals surface area (Å²) in [6, 6.07) is 2.90. The topological polar surface area (TPSA) is 29.3 Å². The SMILES string of the molecule is CC1c2ccsc2CCN1CCCC(C)(C)CN. The highest BCUT2D eigenvalue weighted by molar-refractivity contribution is 7.10. The van der Waals surface area contributed by atoms with Crippen LogP contribution in [-0.2, 0) is 6.42 Å². The minimum atomic E-state index is 0.298. The fraction of sp³-hybridized carbons (Fsp3) is 0.733. The number of hydrogen-bond acceptors (Lipinski definition) is 3. The maximum absolute atomic E-state index is 5.79. The van der Waals surface area contributed by atoms with Gasteiger partial charge in [-0.25, -0.2) is 0 Å². The number of thiophene rings is 1. The van der Waals surface area contributed by atoms with Crippen LogP contribution in [0.5, 0.6) is 0 Å². The highest BCUT2D eigenvalue weighted by Gasteiger charge is 2.24. The van der Waals surface area contributed by atoms with Crippen LogP contribution in [0.2, 0.25) is 0 Å². The van der Waals surface area contributed by atoms with Gasteiger partial charge in [-0.15, -0.1) is 11.3 Å². The van der Waals surface area contributed by atoms with Gasteiger partial charge < -0.3 is 5.73 Å². The van der Waals surface area contributed by atoms with Gasteiger partial charge in [-0.3, -0.25) is 4.90 Å². The monoisotopic (exact) mass is 266 g/mol. The Morgan fingerprint density at radius 3 is 3.00 bits per heavy atom. The molecule has 2 nitrogen and oxygen atoms in total. The quantitative estimate of drug-likeness (QED) is 0.884. The highest BCUT2D eigenvalue weighted by Crippen LogP contribution is 2.33. The Hall–Kier alpha value is -0.380. The summed E-state index contributed by atoms with van der Waals surface area (Å²) in [7, 11) is 0. The summed E-state index contributed by atoms with van der Waals surface area (Å²) in [6.45, 7) is 10.1. The fourth-order valence-corrected chi connectivity index (χ4v) is 3.69. The van der Waals surface area contributed by atoms with Crippen molar-refractivity contribution in [1.29, 1.82) is 0 Å².